The van der Waals surface area contributed by atoms with Gasteiger partial charge < -0.3 is 40.5 Å². The lowest BCUT2D eigenvalue weighted by Gasteiger charge is -2.68. The van der Waals surface area contributed by atoms with Crippen molar-refractivity contribution in [1.29, 1.82) is 0 Å². The van der Waals surface area contributed by atoms with Crippen LogP contribution in [0.2, 0.25) is 0 Å². The van der Waals surface area contributed by atoms with Gasteiger partial charge in [-0.05, 0) is 51.4 Å². The lowest BCUT2D eigenvalue weighted by molar-refractivity contribution is -0.354. The molecule has 7 aliphatic rings. The van der Waals surface area contributed by atoms with Crippen molar-refractivity contribution in [3.8, 4) is 0 Å². The van der Waals surface area contributed by atoms with E-state index in [2.05, 4.69) is 11.8 Å². The van der Waals surface area contributed by atoms with E-state index < -0.39 is 63.3 Å². The third kappa shape index (κ3) is 2.27. The minimum atomic E-state index is -2.02. The second-order valence-electron chi connectivity index (χ2n) is 14.3. The fourth-order valence-electron chi connectivity index (χ4n) is 11.3. The van der Waals surface area contributed by atoms with Crippen LogP contribution in [0, 0.1) is 29.1 Å². The van der Waals surface area contributed by atoms with Crippen LogP contribution in [-0.4, -0.2) is 106 Å². The molecule has 3 saturated heterocycles. The molecule has 204 valence electrons. The topological polar surface area (TPSA) is 154 Å². The summed E-state index contributed by atoms with van der Waals surface area (Å²) in [7, 11) is 0. The highest BCUT2D eigenvalue weighted by Crippen LogP contribution is 2.78. The van der Waals surface area contributed by atoms with Gasteiger partial charge in [-0.3, -0.25) is 4.90 Å². The Bertz CT molecular complexity index is 995. The summed E-state index contributed by atoms with van der Waals surface area (Å²) in [6, 6.07) is -0.360. The minimum absolute atomic E-state index is 0.0208. The molecule has 4 bridgehead atoms. The second-order valence-corrected chi connectivity index (χ2v) is 14.3. The van der Waals surface area contributed by atoms with Crippen LogP contribution in [0.4, 0.5) is 0 Å². The maximum atomic E-state index is 12.7. The largest absolute Gasteiger partial charge is 0.390 e. The summed E-state index contributed by atoms with van der Waals surface area (Å²) in [5, 5.41) is 83.2. The average Bonchev–Trinajstić information content (AvgIpc) is 2.97. The number of ether oxygens (including phenoxy) is 1. The van der Waals surface area contributed by atoms with E-state index in [-0.39, 0.29) is 31.3 Å². The first-order chi connectivity index (χ1) is 16.6. The minimum Gasteiger partial charge on any atom is -0.390 e. The number of rotatable bonds is 0. The Morgan fingerprint density at radius 1 is 0.778 bits per heavy atom. The molecular weight excluding hydrogens is 466 g/mol. The lowest BCUT2D eigenvalue weighted by atomic mass is 9.49. The number of aliphatic hydroxyl groups is 7. The van der Waals surface area contributed by atoms with Gasteiger partial charge in [0.05, 0.1) is 11.7 Å². The second kappa shape index (κ2) is 6.67. The first kappa shape index (κ1) is 24.7. The van der Waals surface area contributed by atoms with E-state index in [9.17, 15) is 35.7 Å². The summed E-state index contributed by atoms with van der Waals surface area (Å²) in [6.07, 6.45) is 0.752. The van der Waals surface area contributed by atoms with Crippen LogP contribution >= 0.6 is 0 Å². The van der Waals surface area contributed by atoms with Crippen molar-refractivity contribution in [2.24, 2.45) is 29.1 Å². The smallest absolute Gasteiger partial charge is 0.196 e. The zero-order valence-electron chi connectivity index (χ0n) is 21.6. The van der Waals surface area contributed by atoms with Crippen molar-refractivity contribution in [2.45, 2.75) is 124 Å². The molecule has 3 aliphatic heterocycles. The molecule has 7 N–H and O–H groups in total. The van der Waals surface area contributed by atoms with Crippen LogP contribution < -0.4 is 0 Å². The summed E-state index contributed by atoms with van der Waals surface area (Å²) in [4.78, 5) is 2.12. The summed E-state index contributed by atoms with van der Waals surface area (Å²) in [5.41, 5.74) is -9.07. The maximum absolute atomic E-state index is 12.7. The summed E-state index contributed by atoms with van der Waals surface area (Å²) in [5.74, 6) is -3.30. The summed E-state index contributed by atoms with van der Waals surface area (Å²) in [6.45, 7) is 6.70. The highest BCUT2D eigenvalue weighted by Gasteiger charge is 2.88. The molecule has 9 heteroatoms. The highest BCUT2D eigenvalue weighted by atomic mass is 16.7. The molecule has 0 aromatic rings. The first-order valence-corrected chi connectivity index (χ1v) is 14.0. The van der Waals surface area contributed by atoms with Crippen LogP contribution in [0.5, 0.6) is 0 Å². The molecule has 3 heterocycles. The Labute approximate surface area is 212 Å². The van der Waals surface area contributed by atoms with E-state index in [0.29, 0.717) is 44.6 Å². The van der Waals surface area contributed by atoms with E-state index in [1.807, 2.05) is 6.92 Å². The van der Waals surface area contributed by atoms with Crippen LogP contribution in [0.15, 0.2) is 0 Å². The van der Waals surface area contributed by atoms with Crippen molar-refractivity contribution in [1.82, 2.24) is 4.90 Å². The number of fused-ring (bicyclic) bond motifs is 5. The molecule has 9 nitrogen and oxygen atoms in total. The number of hydrogen-bond acceptors (Lipinski definition) is 9. The van der Waals surface area contributed by atoms with Crippen molar-refractivity contribution in [2.75, 3.05) is 13.1 Å². The molecule has 1 spiro atoms. The van der Waals surface area contributed by atoms with Crippen molar-refractivity contribution >= 4 is 0 Å². The van der Waals surface area contributed by atoms with E-state index in [1.165, 1.54) is 0 Å². The molecule has 4 saturated carbocycles. The predicted octanol–water partition coefficient (Wildman–Crippen LogP) is -0.526. The molecule has 14 atom stereocenters. The molecule has 4 unspecified atom stereocenters. The van der Waals surface area contributed by atoms with Crippen LogP contribution in [0.3, 0.4) is 0 Å². The van der Waals surface area contributed by atoms with E-state index >= 15 is 0 Å². The SMILES string of the molecule is C[C@H]1CC[C@@H]2N(CC3[C@]4(O)C[C@@]56OC7(O)C(CCC5[C@]4(O)C[C@H](O)[C@]3(O)[C@]2(C)O)[C@]6(C)CC[C@H]7O)C1. The first-order valence-electron chi connectivity index (χ1n) is 14.0. The monoisotopic (exact) mass is 509 g/mol. The molecule has 36 heavy (non-hydrogen) atoms. The van der Waals surface area contributed by atoms with Crippen molar-refractivity contribution < 1.29 is 40.5 Å². The van der Waals surface area contributed by atoms with Crippen molar-refractivity contribution in [3.05, 3.63) is 0 Å². The van der Waals surface area contributed by atoms with Gasteiger partial charge in [0.15, 0.2) is 5.79 Å². The van der Waals surface area contributed by atoms with Gasteiger partial charge in [-0.25, -0.2) is 0 Å². The Kier molecular flexibility index (Phi) is 4.57. The molecule has 7 fully saturated rings. The van der Waals surface area contributed by atoms with E-state index in [0.717, 1.165) is 6.42 Å². The van der Waals surface area contributed by atoms with E-state index in [1.54, 1.807) is 6.92 Å². The number of piperidine rings is 2. The van der Waals surface area contributed by atoms with Gasteiger partial charge >= 0.3 is 0 Å². The third-order valence-corrected chi connectivity index (χ3v) is 13.1. The normalized spacial score (nSPS) is 68.0. The molecule has 0 aromatic carbocycles. The van der Waals surface area contributed by atoms with Crippen LogP contribution in [-0.2, 0) is 4.74 Å². The van der Waals surface area contributed by atoms with Gasteiger partial charge in [0, 0.05) is 55.1 Å². The predicted molar refractivity (Wildman–Crippen MR) is 126 cm³/mol. The Balaban J connectivity index is 1.39. The van der Waals surface area contributed by atoms with Crippen LogP contribution in [0.1, 0.15) is 72.1 Å². The Morgan fingerprint density at radius 3 is 2.19 bits per heavy atom. The van der Waals surface area contributed by atoms with Gasteiger partial charge in [0.2, 0.25) is 0 Å². The number of hydrogen-bond donors (Lipinski definition) is 7. The standard InChI is InChI=1S/C27H43NO8/c1-14-4-7-18-22(3,31)26(34)17(12-28(18)11-14)24(33)13-25-16(23(24,32)10-20(26)30)6-5-15-21(25,2)9-8-19(29)27(15,35)36-25/h14-20,29-35H,4-13H2,1-3H3/t14-,15?,16?,17?,18-,19+,20-,21-,22+,23+,24+,25+,26-,27?/m0/s1. The Morgan fingerprint density at radius 2 is 1.47 bits per heavy atom. The van der Waals surface area contributed by atoms with Crippen LogP contribution in [0.25, 0.3) is 0 Å². The molecule has 7 rings (SSSR count). The molecule has 0 amide bonds. The zero-order valence-corrected chi connectivity index (χ0v) is 21.6. The number of aliphatic hydroxyl groups excluding tert-OH is 2. The van der Waals surface area contributed by atoms with Gasteiger partial charge in [-0.2, -0.15) is 0 Å². The fraction of sp³-hybridized carbons (Fsp3) is 1.00. The molecular formula is C27H43NO8. The zero-order chi connectivity index (χ0) is 25.9. The average molecular weight is 510 g/mol. The fourth-order valence-corrected chi connectivity index (χ4v) is 11.3. The molecule has 4 aliphatic carbocycles. The quantitative estimate of drug-likeness (QED) is 0.228. The summed E-state index contributed by atoms with van der Waals surface area (Å²) >= 11 is 0. The van der Waals surface area contributed by atoms with E-state index in [4.69, 9.17) is 4.74 Å². The third-order valence-electron chi connectivity index (χ3n) is 13.1. The lowest BCUT2D eigenvalue weighted by Crippen LogP contribution is -2.85. The van der Waals surface area contributed by atoms with Crippen molar-refractivity contribution in [3.63, 3.8) is 0 Å². The molecule has 0 aromatic heterocycles. The van der Waals surface area contributed by atoms with Gasteiger partial charge in [-0.15, -0.1) is 0 Å². The molecule has 0 radical (unpaired) electrons. The van der Waals surface area contributed by atoms with Gasteiger partial charge in [0.25, 0.3) is 0 Å². The van der Waals surface area contributed by atoms with Gasteiger partial charge in [0.1, 0.15) is 28.5 Å². The maximum Gasteiger partial charge on any atom is 0.196 e. The highest BCUT2D eigenvalue weighted by molar-refractivity contribution is 5.37. The Hall–Kier alpha value is -0.360. The summed E-state index contributed by atoms with van der Waals surface area (Å²) < 4.78 is 6.52. The number of nitrogens with zero attached hydrogens (tertiary/aromatic N) is 1. The van der Waals surface area contributed by atoms with Gasteiger partial charge in [-0.1, -0.05) is 13.8 Å².